The maximum Gasteiger partial charge on any atom is 0.250 e. The Balaban J connectivity index is 2.01. The predicted octanol–water partition coefficient (Wildman–Crippen LogP) is 4.10. The molecule has 0 aliphatic carbocycles. The molecule has 0 saturated carbocycles. The number of carbonyl (C=O) groups is 1. The Morgan fingerprint density at radius 2 is 1.88 bits per heavy atom. The minimum Gasteiger partial charge on any atom is -0.367 e. The van der Waals surface area contributed by atoms with Crippen molar-refractivity contribution in [3.05, 3.63) is 64.7 Å². The lowest BCUT2D eigenvalue weighted by molar-refractivity contribution is -0.117. The molecule has 6 heteroatoms. The Hall–Kier alpha value is -2.53. The number of nitrogens with zero attached hydrogens (tertiary/aromatic N) is 3. The summed E-state index contributed by atoms with van der Waals surface area (Å²) in [7, 11) is 0. The van der Waals surface area contributed by atoms with Crippen LogP contribution in [0.25, 0.3) is 0 Å². The molecule has 0 bridgehead atoms. The molecule has 1 aliphatic heterocycles. The number of carbonyl (C=O) groups excluding carboxylic acids is 1. The van der Waals surface area contributed by atoms with E-state index in [4.69, 9.17) is 22.3 Å². The molecule has 1 unspecified atom stereocenters. The van der Waals surface area contributed by atoms with E-state index in [-0.39, 0.29) is 5.54 Å². The molecular weight excluding hydrogens is 336 g/mol. The highest BCUT2D eigenvalue weighted by molar-refractivity contribution is 6.30. The molecule has 0 spiro atoms. The summed E-state index contributed by atoms with van der Waals surface area (Å²) in [4.78, 5) is 16.8. The van der Waals surface area contributed by atoms with Crippen molar-refractivity contribution in [2.75, 3.05) is 0 Å². The van der Waals surface area contributed by atoms with Crippen molar-refractivity contribution in [2.45, 2.75) is 31.8 Å². The largest absolute Gasteiger partial charge is 0.367 e. The van der Waals surface area contributed by atoms with E-state index in [0.717, 1.165) is 17.5 Å². The van der Waals surface area contributed by atoms with Crippen LogP contribution in [0.1, 0.15) is 25.0 Å². The molecule has 0 fully saturated rings. The van der Waals surface area contributed by atoms with Crippen LogP contribution in [0, 0.1) is 0 Å². The average molecular weight is 355 g/mol. The number of rotatable bonds is 4. The van der Waals surface area contributed by atoms with Crippen LogP contribution in [0.4, 0.5) is 5.69 Å². The number of halogens is 1. The fraction of sp³-hybridized carbons (Fsp3) is 0.263. The molecule has 0 aromatic heterocycles. The molecule has 1 atom stereocenters. The van der Waals surface area contributed by atoms with Crippen LogP contribution in [0.5, 0.6) is 0 Å². The van der Waals surface area contributed by atoms with Crippen LogP contribution in [0.3, 0.4) is 0 Å². The maximum absolute atomic E-state index is 12.1. The molecule has 2 aromatic rings. The first-order valence-electron chi connectivity index (χ1n) is 7.99. The third kappa shape index (κ3) is 3.94. The summed E-state index contributed by atoms with van der Waals surface area (Å²) in [5, 5.41) is 8.95. The topological polar surface area (TPSA) is 80.2 Å². The standard InChI is InChI=1S/C19H19ClN4O/c1-19(2)11-12-5-3-4-6-15(12)16(22-19)17(18(21)25)24-23-14-9-7-13(20)8-10-14/h3-10,17H,11H2,1-2H3,(H2,21,25). The molecule has 1 amide bonds. The summed E-state index contributed by atoms with van der Waals surface area (Å²) in [5.41, 5.74) is 8.48. The highest BCUT2D eigenvalue weighted by atomic mass is 35.5. The van der Waals surface area contributed by atoms with Gasteiger partial charge in [-0.25, -0.2) is 0 Å². The molecule has 128 valence electrons. The molecule has 2 aromatic carbocycles. The molecule has 2 N–H and O–H groups in total. The Morgan fingerprint density at radius 1 is 1.20 bits per heavy atom. The van der Waals surface area contributed by atoms with E-state index >= 15 is 0 Å². The van der Waals surface area contributed by atoms with Gasteiger partial charge in [0, 0.05) is 10.6 Å². The smallest absolute Gasteiger partial charge is 0.250 e. The molecule has 1 heterocycles. The minimum absolute atomic E-state index is 0.326. The number of hydrogen-bond donors (Lipinski definition) is 1. The number of fused-ring (bicyclic) bond motifs is 1. The molecule has 0 radical (unpaired) electrons. The fourth-order valence-electron chi connectivity index (χ4n) is 2.90. The summed E-state index contributed by atoms with van der Waals surface area (Å²) in [5.74, 6) is -0.580. The van der Waals surface area contributed by atoms with E-state index in [1.807, 2.05) is 38.1 Å². The molecule has 25 heavy (non-hydrogen) atoms. The Morgan fingerprint density at radius 3 is 2.56 bits per heavy atom. The monoisotopic (exact) mass is 354 g/mol. The van der Waals surface area contributed by atoms with Gasteiger partial charge in [0.1, 0.15) is 0 Å². The predicted molar refractivity (Wildman–Crippen MR) is 99.7 cm³/mol. The SMILES string of the molecule is CC1(C)Cc2ccccc2C(C(N=Nc2ccc(Cl)cc2)C(N)=O)=N1. The third-order valence-electron chi connectivity index (χ3n) is 3.98. The molecule has 3 rings (SSSR count). The first-order chi connectivity index (χ1) is 11.9. The Kier molecular flexibility index (Phi) is 4.68. The Labute approximate surface area is 151 Å². The van der Waals surface area contributed by atoms with Crippen molar-refractivity contribution in [3.63, 3.8) is 0 Å². The number of primary amides is 1. The molecule has 5 nitrogen and oxygen atoms in total. The van der Waals surface area contributed by atoms with E-state index in [2.05, 4.69) is 10.2 Å². The minimum atomic E-state index is -0.934. The first-order valence-corrected chi connectivity index (χ1v) is 8.37. The number of aliphatic imine (C=N–C) groups is 1. The summed E-state index contributed by atoms with van der Waals surface area (Å²) in [6.45, 7) is 4.05. The quantitative estimate of drug-likeness (QED) is 0.824. The maximum atomic E-state index is 12.1. The number of hydrogen-bond acceptors (Lipinski definition) is 4. The van der Waals surface area contributed by atoms with Crippen LogP contribution in [0.15, 0.2) is 63.8 Å². The van der Waals surface area contributed by atoms with E-state index in [9.17, 15) is 4.79 Å². The molecule has 0 saturated heterocycles. The van der Waals surface area contributed by atoms with Crippen LogP contribution >= 0.6 is 11.6 Å². The lowest BCUT2D eigenvalue weighted by Gasteiger charge is -2.30. The van der Waals surface area contributed by atoms with Crippen molar-refractivity contribution in [1.29, 1.82) is 0 Å². The van der Waals surface area contributed by atoms with Gasteiger partial charge in [0.2, 0.25) is 5.91 Å². The van der Waals surface area contributed by atoms with Gasteiger partial charge >= 0.3 is 0 Å². The van der Waals surface area contributed by atoms with Gasteiger partial charge in [-0.2, -0.15) is 10.2 Å². The lowest BCUT2D eigenvalue weighted by atomic mass is 9.85. The fourth-order valence-corrected chi connectivity index (χ4v) is 3.03. The number of benzene rings is 2. The zero-order valence-electron chi connectivity index (χ0n) is 14.1. The normalized spacial score (nSPS) is 17.0. The van der Waals surface area contributed by atoms with Gasteiger partial charge in [0.05, 0.1) is 16.9 Å². The van der Waals surface area contributed by atoms with Gasteiger partial charge in [-0.3, -0.25) is 9.79 Å². The summed E-state index contributed by atoms with van der Waals surface area (Å²) in [6.07, 6.45) is 0.798. The van der Waals surface area contributed by atoms with Gasteiger partial charge in [0.25, 0.3) is 0 Å². The second-order valence-corrected chi connectivity index (χ2v) is 7.08. The molecule has 1 aliphatic rings. The number of amides is 1. The first kappa shape index (κ1) is 17.3. The van der Waals surface area contributed by atoms with Crippen LogP contribution in [-0.4, -0.2) is 23.2 Å². The number of nitrogens with two attached hydrogens (primary N) is 1. The zero-order valence-corrected chi connectivity index (χ0v) is 14.9. The van der Waals surface area contributed by atoms with Crippen LogP contribution in [0.2, 0.25) is 5.02 Å². The van der Waals surface area contributed by atoms with Gasteiger partial charge < -0.3 is 5.73 Å². The van der Waals surface area contributed by atoms with Gasteiger partial charge in [-0.15, -0.1) is 0 Å². The van der Waals surface area contributed by atoms with Crippen LogP contribution < -0.4 is 5.73 Å². The van der Waals surface area contributed by atoms with Gasteiger partial charge in [0.15, 0.2) is 6.04 Å². The van der Waals surface area contributed by atoms with Crippen molar-refractivity contribution in [1.82, 2.24) is 0 Å². The van der Waals surface area contributed by atoms with Gasteiger partial charge in [-0.05, 0) is 50.1 Å². The van der Waals surface area contributed by atoms with E-state index in [1.54, 1.807) is 24.3 Å². The average Bonchev–Trinajstić information content (AvgIpc) is 2.55. The van der Waals surface area contributed by atoms with Crippen molar-refractivity contribution >= 4 is 28.9 Å². The highest BCUT2D eigenvalue weighted by Gasteiger charge is 2.33. The molecular formula is C19H19ClN4O. The second-order valence-electron chi connectivity index (χ2n) is 6.64. The van der Waals surface area contributed by atoms with Gasteiger partial charge in [-0.1, -0.05) is 35.9 Å². The second kappa shape index (κ2) is 6.76. The highest BCUT2D eigenvalue weighted by Crippen LogP contribution is 2.29. The third-order valence-corrected chi connectivity index (χ3v) is 4.24. The Bertz CT molecular complexity index is 856. The van der Waals surface area contributed by atoms with Crippen molar-refractivity contribution < 1.29 is 4.79 Å². The summed E-state index contributed by atoms with van der Waals surface area (Å²) in [6, 6.07) is 13.8. The summed E-state index contributed by atoms with van der Waals surface area (Å²) >= 11 is 5.87. The van der Waals surface area contributed by atoms with E-state index in [1.165, 1.54) is 0 Å². The lowest BCUT2D eigenvalue weighted by Crippen LogP contribution is -2.40. The van der Waals surface area contributed by atoms with Crippen molar-refractivity contribution in [3.8, 4) is 0 Å². The van der Waals surface area contributed by atoms with Crippen LogP contribution in [-0.2, 0) is 11.2 Å². The van der Waals surface area contributed by atoms with E-state index < -0.39 is 11.9 Å². The zero-order chi connectivity index (χ0) is 18.0. The number of azo groups is 1. The summed E-state index contributed by atoms with van der Waals surface area (Å²) < 4.78 is 0. The van der Waals surface area contributed by atoms with Crippen molar-refractivity contribution in [2.24, 2.45) is 21.0 Å². The van der Waals surface area contributed by atoms with E-state index in [0.29, 0.717) is 16.4 Å².